The number of nitrogens with two attached hydrogens (primary N) is 1. The Labute approximate surface area is 116 Å². The van der Waals surface area contributed by atoms with Crippen LogP contribution in [0.25, 0.3) is 0 Å². The first-order valence-electron chi connectivity index (χ1n) is 4.81. The van der Waals surface area contributed by atoms with E-state index in [9.17, 15) is 12.8 Å². The first-order chi connectivity index (χ1) is 8.90. The van der Waals surface area contributed by atoms with Gasteiger partial charge >= 0.3 is 0 Å². The molecule has 7 nitrogen and oxygen atoms in total. The molecule has 0 radical (unpaired) electrons. The van der Waals surface area contributed by atoms with Gasteiger partial charge in [0.05, 0.1) is 12.4 Å². The molecule has 0 atom stereocenters. The van der Waals surface area contributed by atoms with E-state index < -0.39 is 20.7 Å². The Morgan fingerprint density at radius 1 is 1.32 bits per heavy atom. The predicted octanol–water partition coefficient (Wildman–Crippen LogP) is 1.16. The Morgan fingerprint density at radius 2 is 2.05 bits per heavy atom. The van der Waals surface area contributed by atoms with Crippen LogP contribution in [0.1, 0.15) is 0 Å². The maximum atomic E-state index is 13.7. The van der Waals surface area contributed by atoms with Crippen LogP contribution in [0.2, 0.25) is 0 Å². The minimum atomic E-state index is -4.17. The molecule has 2 aromatic rings. The molecule has 10 heteroatoms. The van der Waals surface area contributed by atoms with Gasteiger partial charge in [-0.15, -0.1) is 5.10 Å². The molecule has 1 aromatic carbocycles. The molecule has 3 N–H and O–H groups in total. The highest BCUT2D eigenvalue weighted by Crippen LogP contribution is 2.26. The lowest BCUT2D eigenvalue weighted by molar-refractivity contribution is 0.569. The lowest BCUT2D eigenvalue weighted by Crippen LogP contribution is -2.17. The summed E-state index contributed by atoms with van der Waals surface area (Å²) in [5, 5.41) is 6.90. The van der Waals surface area contributed by atoms with Crippen LogP contribution >= 0.6 is 15.9 Å². The Hall–Kier alpha value is -1.81. The second-order valence-corrected chi connectivity index (χ2v) is 5.88. The van der Waals surface area contributed by atoms with E-state index in [0.29, 0.717) is 0 Å². The largest absolute Gasteiger partial charge is 0.398 e. The van der Waals surface area contributed by atoms with Gasteiger partial charge in [0.25, 0.3) is 16.0 Å². The summed E-state index contributed by atoms with van der Waals surface area (Å²) in [4.78, 5) is 3.04. The zero-order chi connectivity index (χ0) is 14.0. The van der Waals surface area contributed by atoms with Crippen molar-refractivity contribution in [2.24, 2.45) is 0 Å². The van der Waals surface area contributed by atoms with E-state index in [1.54, 1.807) is 0 Å². The van der Waals surface area contributed by atoms with Gasteiger partial charge in [-0.05, 0) is 28.1 Å². The number of aromatic nitrogens is 3. The number of benzene rings is 1. The van der Waals surface area contributed by atoms with E-state index in [2.05, 4.69) is 31.1 Å². The summed E-state index contributed by atoms with van der Waals surface area (Å²) in [6.07, 6.45) is 2.52. The smallest absolute Gasteiger partial charge is 0.267 e. The van der Waals surface area contributed by atoms with Crippen LogP contribution in [0.5, 0.6) is 0 Å². The number of rotatable bonds is 3. The van der Waals surface area contributed by atoms with Gasteiger partial charge in [-0.25, -0.2) is 22.5 Å². The Kier molecular flexibility index (Phi) is 3.62. The van der Waals surface area contributed by atoms with Crippen molar-refractivity contribution in [1.82, 2.24) is 15.2 Å². The van der Waals surface area contributed by atoms with Gasteiger partial charge in [0, 0.05) is 10.2 Å². The van der Waals surface area contributed by atoms with E-state index in [-0.39, 0.29) is 16.1 Å². The molecule has 0 aliphatic heterocycles. The molecular formula is C9H7BrFN5O2S. The van der Waals surface area contributed by atoms with Crippen molar-refractivity contribution >= 4 is 37.6 Å². The number of anilines is 2. The molecule has 0 saturated heterocycles. The number of nitrogens with zero attached hydrogens (tertiary/aromatic N) is 3. The van der Waals surface area contributed by atoms with Crippen molar-refractivity contribution in [3.05, 3.63) is 34.8 Å². The van der Waals surface area contributed by atoms with Gasteiger partial charge in [0.1, 0.15) is 10.7 Å². The fraction of sp³-hybridized carbons (Fsp3) is 0. The number of hydrogen-bond acceptors (Lipinski definition) is 6. The summed E-state index contributed by atoms with van der Waals surface area (Å²) >= 11 is 3.00. The van der Waals surface area contributed by atoms with E-state index >= 15 is 0 Å². The lowest BCUT2D eigenvalue weighted by atomic mass is 10.3. The normalized spacial score (nSPS) is 11.3. The summed E-state index contributed by atoms with van der Waals surface area (Å²) in [6.45, 7) is 0. The maximum absolute atomic E-state index is 13.7. The average Bonchev–Trinajstić information content (AvgIpc) is 2.34. The van der Waals surface area contributed by atoms with Gasteiger partial charge in [0.15, 0.2) is 0 Å². The topological polar surface area (TPSA) is 111 Å². The number of sulfonamides is 1. The molecule has 0 bridgehead atoms. The molecule has 0 amide bonds. The molecular weight excluding hydrogens is 341 g/mol. The SMILES string of the molecule is Nc1cc(S(=O)(=O)Nc2nccnn2)c(F)cc1Br. The highest BCUT2D eigenvalue weighted by molar-refractivity contribution is 9.10. The fourth-order valence-electron chi connectivity index (χ4n) is 1.22. The van der Waals surface area contributed by atoms with Crippen LogP contribution in [-0.4, -0.2) is 23.6 Å². The van der Waals surface area contributed by atoms with Crippen molar-refractivity contribution in [1.29, 1.82) is 0 Å². The number of nitrogen functional groups attached to an aromatic ring is 1. The molecule has 19 heavy (non-hydrogen) atoms. The molecule has 0 aliphatic carbocycles. The fourth-order valence-corrected chi connectivity index (χ4v) is 2.58. The minimum absolute atomic E-state index is 0.0916. The summed E-state index contributed by atoms with van der Waals surface area (Å²) in [7, 11) is -4.17. The van der Waals surface area contributed by atoms with Gasteiger partial charge in [0.2, 0.25) is 0 Å². The maximum Gasteiger partial charge on any atom is 0.267 e. The Bertz CT molecular complexity index is 710. The first-order valence-corrected chi connectivity index (χ1v) is 7.09. The van der Waals surface area contributed by atoms with Crippen LogP contribution in [-0.2, 0) is 10.0 Å². The molecule has 100 valence electrons. The van der Waals surface area contributed by atoms with Crippen molar-refractivity contribution < 1.29 is 12.8 Å². The van der Waals surface area contributed by atoms with Gasteiger partial charge in [-0.1, -0.05) is 0 Å². The van der Waals surface area contributed by atoms with E-state index in [0.717, 1.165) is 12.1 Å². The molecule has 2 rings (SSSR count). The van der Waals surface area contributed by atoms with Crippen LogP contribution < -0.4 is 10.5 Å². The summed E-state index contributed by atoms with van der Waals surface area (Å²) in [5.74, 6) is -1.21. The molecule has 0 spiro atoms. The summed E-state index contributed by atoms with van der Waals surface area (Å²) in [5.41, 5.74) is 5.62. The standard InChI is InChI=1S/C9H7BrFN5O2S/c10-5-3-6(11)8(4-7(5)12)19(17,18)16-9-13-1-2-14-15-9/h1-4H,12H2,(H,13,15,16). The van der Waals surface area contributed by atoms with E-state index in [4.69, 9.17) is 5.73 Å². The molecule has 0 fully saturated rings. The average molecular weight is 348 g/mol. The molecule has 0 saturated carbocycles. The third kappa shape index (κ3) is 2.96. The molecule has 0 unspecified atom stereocenters. The van der Waals surface area contributed by atoms with Crippen molar-refractivity contribution in [2.45, 2.75) is 4.90 Å². The highest BCUT2D eigenvalue weighted by atomic mass is 79.9. The zero-order valence-electron chi connectivity index (χ0n) is 9.21. The van der Waals surface area contributed by atoms with Crippen LogP contribution in [0.15, 0.2) is 33.9 Å². The summed E-state index contributed by atoms with van der Waals surface area (Å²) < 4.78 is 39.8. The molecule has 1 aromatic heterocycles. The second-order valence-electron chi connectivity index (χ2n) is 3.38. The van der Waals surface area contributed by atoms with Gasteiger partial charge in [-0.2, -0.15) is 5.10 Å². The minimum Gasteiger partial charge on any atom is -0.398 e. The second kappa shape index (κ2) is 5.05. The highest BCUT2D eigenvalue weighted by Gasteiger charge is 2.21. The van der Waals surface area contributed by atoms with Crippen molar-refractivity contribution in [3.8, 4) is 0 Å². The molecule has 0 aliphatic rings. The predicted molar refractivity (Wildman–Crippen MR) is 69.1 cm³/mol. The van der Waals surface area contributed by atoms with E-state index in [1.165, 1.54) is 12.4 Å². The zero-order valence-corrected chi connectivity index (χ0v) is 11.6. The molecule has 1 heterocycles. The quantitative estimate of drug-likeness (QED) is 0.805. The number of hydrogen-bond donors (Lipinski definition) is 2. The Balaban J connectivity index is 2.43. The number of halogens is 2. The monoisotopic (exact) mass is 347 g/mol. The number of nitrogens with one attached hydrogen (secondary N) is 1. The lowest BCUT2D eigenvalue weighted by Gasteiger charge is -2.08. The van der Waals surface area contributed by atoms with Crippen LogP contribution in [0.4, 0.5) is 16.0 Å². The third-order valence-corrected chi connectivity index (χ3v) is 4.08. The third-order valence-electron chi connectivity index (χ3n) is 2.05. The first kappa shape index (κ1) is 13.6. The van der Waals surface area contributed by atoms with Crippen LogP contribution in [0, 0.1) is 5.82 Å². The summed E-state index contributed by atoms with van der Waals surface area (Å²) in [6, 6.07) is 1.96. The van der Waals surface area contributed by atoms with Gasteiger partial charge in [-0.3, -0.25) is 0 Å². The van der Waals surface area contributed by atoms with Crippen molar-refractivity contribution in [3.63, 3.8) is 0 Å². The van der Waals surface area contributed by atoms with Crippen LogP contribution in [0.3, 0.4) is 0 Å². The van der Waals surface area contributed by atoms with Crippen molar-refractivity contribution in [2.75, 3.05) is 10.5 Å². The Morgan fingerprint density at radius 3 is 2.68 bits per heavy atom. The van der Waals surface area contributed by atoms with Gasteiger partial charge < -0.3 is 5.73 Å². The van der Waals surface area contributed by atoms with E-state index in [1.807, 2.05) is 4.72 Å².